The van der Waals surface area contributed by atoms with Gasteiger partial charge in [-0.1, -0.05) is 72.5 Å². The summed E-state index contributed by atoms with van der Waals surface area (Å²) in [6.45, 7) is 7.82. The largest absolute Gasteiger partial charge is 0.273 e. The molecule has 2 rings (SSSR count). The number of benzene rings is 2. The number of hydrogen-bond acceptors (Lipinski definition) is 4. The molecule has 0 spiro atoms. The standard InChI is InChI=1S/C26H34N4O2/c1-19-11-15-23(16-12-19)21(3)27-29-25(31)9-7-5-6-8-10-26(32)30-28-22(4)24-17-13-20(2)14-18-24/h11-18H,5-10H2,1-4H3,(H,29,31)(H,30,32). The lowest BCUT2D eigenvalue weighted by Crippen LogP contribution is -2.19. The van der Waals surface area contributed by atoms with Gasteiger partial charge in [-0.3, -0.25) is 9.59 Å². The van der Waals surface area contributed by atoms with Crippen molar-refractivity contribution in [1.82, 2.24) is 10.9 Å². The van der Waals surface area contributed by atoms with Crippen LogP contribution in [0.25, 0.3) is 0 Å². The van der Waals surface area contributed by atoms with E-state index in [4.69, 9.17) is 0 Å². The number of nitrogens with zero attached hydrogens (tertiary/aromatic N) is 2. The molecule has 0 aliphatic rings. The van der Waals surface area contributed by atoms with Crippen LogP contribution in [0.4, 0.5) is 0 Å². The Morgan fingerprint density at radius 3 is 1.31 bits per heavy atom. The minimum Gasteiger partial charge on any atom is -0.273 e. The Bertz CT molecular complexity index is 865. The number of rotatable bonds is 11. The lowest BCUT2D eigenvalue weighted by Gasteiger charge is -2.05. The fraction of sp³-hybridized carbons (Fsp3) is 0.385. The molecule has 0 heterocycles. The molecule has 0 aliphatic carbocycles. The van der Waals surface area contributed by atoms with Crippen molar-refractivity contribution in [3.05, 3.63) is 70.8 Å². The Labute approximate surface area is 191 Å². The second-order valence-electron chi connectivity index (χ2n) is 8.11. The highest BCUT2D eigenvalue weighted by atomic mass is 16.2. The second-order valence-corrected chi connectivity index (χ2v) is 8.11. The summed E-state index contributed by atoms with van der Waals surface area (Å²) in [5.74, 6) is -0.176. The number of aryl methyl sites for hydroxylation is 2. The first kappa shape index (κ1) is 25.0. The summed E-state index contributed by atoms with van der Waals surface area (Å²) in [4.78, 5) is 23.9. The van der Waals surface area contributed by atoms with E-state index in [1.54, 1.807) is 0 Å². The monoisotopic (exact) mass is 434 g/mol. The van der Waals surface area contributed by atoms with Gasteiger partial charge in [-0.25, -0.2) is 10.9 Å². The average molecular weight is 435 g/mol. The highest BCUT2D eigenvalue weighted by Crippen LogP contribution is 2.07. The Kier molecular flexibility index (Phi) is 10.3. The lowest BCUT2D eigenvalue weighted by atomic mass is 10.1. The zero-order chi connectivity index (χ0) is 23.3. The van der Waals surface area contributed by atoms with E-state index in [0.29, 0.717) is 12.8 Å². The Morgan fingerprint density at radius 2 is 0.969 bits per heavy atom. The molecule has 2 N–H and O–H groups in total. The van der Waals surface area contributed by atoms with Crippen LogP contribution in [-0.4, -0.2) is 23.2 Å². The zero-order valence-electron chi connectivity index (χ0n) is 19.6. The van der Waals surface area contributed by atoms with Gasteiger partial charge < -0.3 is 0 Å². The van der Waals surface area contributed by atoms with Gasteiger partial charge in [0.25, 0.3) is 0 Å². The van der Waals surface area contributed by atoms with Gasteiger partial charge in [0, 0.05) is 12.8 Å². The molecule has 0 atom stereocenters. The van der Waals surface area contributed by atoms with Crippen molar-refractivity contribution in [3.63, 3.8) is 0 Å². The summed E-state index contributed by atoms with van der Waals surface area (Å²) < 4.78 is 0. The molecule has 0 saturated heterocycles. The summed E-state index contributed by atoms with van der Waals surface area (Å²) >= 11 is 0. The third-order valence-electron chi connectivity index (χ3n) is 5.19. The topological polar surface area (TPSA) is 82.9 Å². The van der Waals surface area contributed by atoms with Gasteiger partial charge in [0.1, 0.15) is 0 Å². The maximum atomic E-state index is 12.0. The predicted molar refractivity (Wildman–Crippen MR) is 131 cm³/mol. The molecule has 0 saturated carbocycles. The van der Waals surface area contributed by atoms with Crippen molar-refractivity contribution in [2.45, 2.75) is 66.2 Å². The smallest absolute Gasteiger partial charge is 0.240 e. The number of hydrazone groups is 2. The summed E-state index contributed by atoms with van der Waals surface area (Å²) in [6, 6.07) is 16.1. The molecule has 6 nitrogen and oxygen atoms in total. The van der Waals surface area contributed by atoms with Crippen LogP contribution in [0.15, 0.2) is 58.7 Å². The highest BCUT2D eigenvalue weighted by Gasteiger charge is 2.04. The van der Waals surface area contributed by atoms with E-state index in [9.17, 15) is 9.59 Å². The molecule has 0 aliphatic heterocycles. The normalized spacial score (nSPS) is 11.9. The first-order chi connectivity index (χ1) is 15.3. The van der Waals surface area contributed by atoms with Gasteiger partial charge in [-0.15, -0.1) is 0 Å². The molecule has 2 aromatic carbocycles. The van der Waals surface area contributed by atoms with Crippen LogP contribution < -0.4 is 10.9 Å². The third kappa shape index (κ3) is 9.25. The molecule has 6 heteroatoms. The van der Waals surface area contributed by atoms with Crippen molar-refractivity contribution in [2.75, 3.05) is 0 Å². The van der Waals surface area contributed by atoms with Gasteiger partial charge in [0.15, 0.2) is 0 Å². The zero-order valence-corrected chi connectivity index (χ0v) is 19.6. The van der Waals surface area contributed by atoms with Crippen LogP contribution in [-0.2, 0) is 9.59 Å². The quantitative estimate of drug-likeness (QED) is 0.296. The number of amides is 2. The van der Waals surface area contributed by atoms with Gasteiger partial charge in [0.2, 0.25) is 11.8 Å². The van der Waals surface area contributed by atoms with E-state index < -0.39 is 0 Å². The van der Waals surface area contributed by atoms with Crippen LogP contribution in [0.2, 0.25) is 0 Å². The summed E-state index contributed by atoms with van der Waals surface area (Å²) in [6.07, 6.45) is 4.20. The van der Waals surface area contributed by atoms with Gasteiger partial charge in [-0.05, 0) is 51.7 Å². The Balaban J connectivity index is 1.57. The maximum Gasteiger partial charge on any atom is 0.240 e. The van der Waals surface area contributed by atoms with Crippen LogP contribution in [0.5, 0.6) is 0 Å². The van der Waals surface area contributed by atoms with E-state index in [1.807, 2.05) is 76.2 Å². The van der Waals surface area contributed by atoms with E-state index in [2.05, 4.69) is 21.1 Å². The fourth-order valence-electron chi connectivity index (χ4n) is 3.05. The van der Waals surface area contributed by atoms with Crippen LogP contribution in [0.1, 0.15) is 74.6 Å². The van der Waals surface area contributed by atoms with Gasteiger partial charge in [-0.2, -0.15) is 10.2 Å². The SMILES string of the molecule is CC(=NNC(=O)CCCCCCC(=O)NN=C(C)c1ccc(C)cc1)c1ccc(C)cc1. The van der Waals surface area contributed by atoms with Crippen molar-refractivity contribution < 1.29 is 9.59 Å². The molecule has 2 aromatic rings. The molecule has 170 valence electrons. The maximum absolute atomic E-state index is 12.0. The minimum atomic E-state index is -0.0878. The van der Waals surface area contributed by atoms with Gasteiger partial charge >= 0.3 is 0 Å². The third-order valence-corrected chi connectivity index (χ3v) is 5.19. The van der Waals surface area contributed by atoms with Crippen molar-refractivity contribution in [2.24, 2.45) is 10.2 Å². The first-order valence-corrected chi connectivity index (χ1v) is 11.2. The average Bonchev–Trinajstić information content (AvgIpc) is 2.79. The number of unbranched alkanes of at least 4 members (excludes halogenated alkanes) is 3. The minimum absolute atomic E-state index is 0.0878. The number of nitrogens with one attached hydrogen (secondary N) is 2. The van der Waals surface area contributed by atoms with Crippen LogP contribution in [0, 0.1) is 13.8 Å². The van der Waals surface area contributed by atoms with Crippen molar-refractivity contribution in [3.8, 4) is 0 Å². The Morgan fingerprint density at radius 1 is 0.625 bits per heavy atom. The van der Waals surface area contributed by atoms with E-state index in [-0.39, 0.29) is 11.8 Å². The summed E-state index contributed by atoms with van der Waals surface area (Å²) in [5.41, 5.74) is 11.2. The van der Waals surface area contributed by atoms with Crippen molar-refractivity contribution in [1.29, 1.82) is 0 Å². The molecule has 0 unspecified atom stereocenters. The number of hydrogen-bond donors (Lipinski definition) is 2. The molecule has 0 radical (unpaired) electrons. The fourth-order valence-corrected chi connectivity index (χ4v) is 3.05. The second kappa shape index (κ2) is 13.2. The molecule has 0 fully saturated rings. The summed E-state index contributed by atoms with van der Waals surface area (Å²) in [5, 5.41) is 8.35. The van der Waals surface area contributed by atoms with Crippen molar-refractivity contribution >= 4 is 23.2 Å². The summed E-state index contributed by atoms with van der Waals surface area (Å²) in [7, 11) is 0. The molecular formula is C26H34N4O2. The molecular weight excluding hydrogens is 400 g/mol. The van der Waals surface area contributed by atoms with Gasteiger partial charge in [0.05, 0.1) is 11.4 Å². The lowest BCUT2D eigenvalue weighted by molar-refractivity contribution is -0.122. The molecule has 32 heavy (non-hydrogen) atoms. The highest BCUT2D eigenvalue weighted by molar-refractivity contribution is 5.99. The first-order valence-electron chi connectivity index (χ1n) is 11.2. The number of carbonyl (C=O) groups is 2. The van der Waals surface area contributed by atoms with E-state index >= 15 is 0 Å². The van der Waals surface area contributed by atoms with Crippen LogP contribution in [0.3, 0.4) is 0 Å². The molecule has 2 amide bonds. The molecule has 0 aromatic heterocycles. The number of carbonyl (C=O) groups excluding carboxylic acids is 2. The van der Waals surface area contributed by atoms with E-state index in [0.717, 1.165) is 48.2 Å². The molecule has 0 bridgehead atoms. The van der Waals surface area contributed by atoms with E-state index in [1.165, 1.54) is 11.1 Å². The van der Waals surface area contributed by atoms with Crippen LogP contribution >= 0.6 is 0 Å². The Hall–Kier alpha value is -3.28. The predicted octanol–water partition coefficient (Wildman–Crippen LogP) is 5.02.